The molecule has 0 fully saturated rings. The van der Waals surface area contributed by atoms with Gasteiger partial charge < -0.3 is 5.32 Å². The molecule has 1 aliphatic rings. The molecule has 1 atom stereocenters. The Morgan fingerprint density at radius 2 is 1.85 bits per heavy atom. The highest BCUT2D eigenvalue weighted by molar-refractivity contribution is 9.13. The highest BCUT2D eigenvalue weighted by Crippen LogP contribution is 2.38. The first-order valence-corrected chi connectivity index (χ1v) is 9.33. The Bertz CT molecular complexity index is 601. The fourth-order valence-corrected chi connectivity index (χ4v) is 5.14. The van der Waals surface area contributed by atoms with Crippen LogP contribution in [0.15, 0.2) is 32.5 Å². The summed E-state index contributed by atoms with van der Waals surface area (Å²) in [5.74, 6) is 0. The third kappa shape index (κ3) is 2.89. The maximum Gasteiger partial charge on any atom is 0.0843 e. The maximum absolute atomic E-state index is 3.59. The zero-order valence-electron chi connectivity index (χ0n) is 11.4. The van der Waals surface area contributed by atoms with Crippen molar-refractivity contribution in [3.8, 4) is 0 Å². The van der Waals surface area contributed by atoms with E-state index in [-0.39, 0.29) is 6.04 Å². The predicted molar refractivity (Wildman–Crippen MR) is 93.7 cm³/mol. The van der Waals surface area contributed by atoms with Crippen LogP contribution < -0.4 is 5.32 Å². The molecule has 0 saturated heterocycles. The van der Waals surface area contributed by atoms with E-state index < -0.39 is 0 Å². The van der Waals surface area contributed by atoms with Crippen molar-refractivity contribution in [1.82, 2.24) is 5.32 Å². The van der Waals surface area contributed by atoms with Gasteiger partial charge in [-0.25, -0.2) is 0 Å². The summed E-state index contributed by atoms with van der Waals surface area (Å²) in [5, 5.41) is 3.45. The Morgan fingerprint density at radius 1 is 1.10 bits per heavy atom. The molecule has 1 unspecified atom stereocenters. The third-order valence-electron chi connectivity index (χ3n) is 3.94. The lowest BCUT2D eigenvalue weighted by atomic mass is 9.89. The van der Waals surface area contributed by atoms with Crippen LogP contribution in [0.5, 0.6) is 0 Å². The predicted octanol–water partition coefficient (Wildman–Crippen LogP) is 5.46. The van der Waals surface area contributed by atoms with E-state index in [1.807, 2.05) is 7.05 Å². The van der Waals surface area contributed by atoms with Gasteiger partial charge in [-0.3, -0.25) is 0 Å². The summed E-state index contributed by atoms with van der Waals surface area (Å²) in [6.45, 7) is 0. The number of fused-ring (bicyclic) bond motifs is 1. The summed E-state index contributed by atoms with van der Waals surface area (Å²) in [6, 6.07) is 9.49. The van der Waals surface area contributed by atoms with E-state index >= 15 is 0 Å². The van der Waals surface area contributed by atoms with Crippen LogP contribution in [0.4, 0.5) is 0 Å². The van der Waals surface area contributed by atoms with E-state index in [9.17, 15) is 0 Å². The highest BCUT2D eigenvalue weighted by atomic mass is 79.9. The molecule has 1 aromatic carbocycles. The van der Waals surface area contributed by atoms with Gasteiger partial charge in [0.05, 0.1) is 9.83 Å². The molecule has 20 heavy (non-hydrogen) atoms. The van der Waals surface area contributed by atoms with Crippen molar-refractivity contribution in [3.05, 3.63) is 54.1 Å². The fourth-order valence-electron chi connectivity index (χ4n) is 2.91. The first-order valence-electron chi connectivity index (χ1n) is 6.92. The minimum Gasteiger partial charge on any atom is -0.309 e. The van der Waals surface area contributed by atoms with Gasteiger partial charge in [0, 0.05) is 9.35 Å². The zero-order valence-corrected chi connectivity index (χ0v) is 15.4. The number of nitrogens with one attached hydrogen (secondary N) is 1. The number of aryl methyl sites for hydroxylation is 2. The molecule has 0 saturated carbocycles. The zero-order chi connectivity index (χ0) is 14.1. The van der Waals surface area contributed by atoms with Crippen LogP contribution in [0.2, 0.25) is 0 Å². The van der Waals surface area contributed by atoms with Crippen molar-refractivity contribution in [2.45, 2.75) is 31.7 Å². The summed E-state index contributed by atoms with van der Waals surface area (Å²) >= 11 is 8.96. The van der Waals surface area contributed by atoms with Crippen molar-refractivity contribution in [2.24, 2.45) is 0 Å². The number of rotatable bonds is 3. The molecule has 106 valence electrons. The molecule has 0 spiro atoms. The normalized spacial score (nSPS) is 15.9. The van der Waals surface area contributed by atoms with E-state index in [2.05, 4.69) is 61.4 Å². The second kappa shape index (κ2) is 6.30. The SMILES string of the molecule is CNC(c1ccc2c(c1)CCCC2)c1cc(Br)c(Br)s1. The summed E-state index contributed by atoms with van der Waals surface area (Å²) in [6.07, 6.45) is 5.15. The minimum atomic E-state index is 0.273. The largest absolute Gasteiger partial charge is 0.309 e. The standard InChI is InChI=1S/C16H17Br2NS/c1-19-15(14-9-13(17)16(18)20-14)12-7-6-10-4-2-3-5-11(10)8-12/h6-9,15,19H,2-5H2,1H3. The van der Waals surface area contributed by atoms with Gasteiger partial charge in [0.25, 0.3) is 0 Å². The summed E-state index contributed by atoms with van der Waals surface area (Å²) < 4.78 is 2.29. The van der Waals surface area contributed by atoms with Crippen LogP contribution in [0.25, 0.3) is 0 Å². The Kier molecular flexibility index (Phi) is 4.65. The van der Waals surface area contributed by atoms with Gasteiger partial charge in [-0.1, -0.05) is 18.2 Å². The molecule has 1 aliphatic carbocycles. The van der Waals surface area contributed by atoms with Crippen LogP contribution in [0.1, 0.15) is 40.5 Å². The van der Waals surface area contributed by atoms with Gasteiger partial charge in [-0.2, -0.15) is 0 Å². The molecule has 1 heterocycles. The van der Waals surface area contributed by atoms with Crippen molar-refractivity contribution in [1.29, 1.82) is 0 Å². The highest BCUT2D eigenvalue weighted by Gasteiger charge is 2.18. The Labute approximate surface area is 141 Å². The van der Waals surface area contributed by atoms with Crippen LogP contribution >= 0.6 is 43.2 Å². The summed E-state index contributed by atoms with van der Waals surface area (Å²) in [4.78, 5) is 1.34. The summed E-state index contributed by atoms with van der Waals surface area (Å²) in [5.41, 5.74) is 4.46. The summed E-state index contributed by atoms with van der Waals surface area (Å²) in [7, 11) is 2.03. The average Bonchev–Trinajstić information content (AvgIpc) is 2.79. The van der Waals surface area contributed by atoms with Crippen LogP contribution in [0, 0.1) is 0 Å². The molecule has 0 bridgehead atoms. The monoisotopic (exact) mass is 413 g/mol. The molecule has 0 aliphatic heterocycles. The Balaban J connectivity index is 1.96. The third-order valence-corrected chi connectivity index (χ3v) is 7.26. The fraction of sp³-hybridized carbons (Fsp3) is 0.375. The second-order valence-electron chi connectivity index (χ2n) is 5.23. The molecule has 1 N–H and O–H groups in total. The van der Waals surface area contributed by atoms with E-state index in [0.717, 1.165) is 8.26 Å². The Morgan fingerprint density at radius 3 is 2.50 bits per heavy atom. The minimum absolute atomic E-state index is 0.273. The van der Waals surface area contributed by atoms with Crippen molar-refractivity contribution in [2.75, 3.05) is 7.05 Å². The first kappa shape index (κ1) is 14.8. The van der Waals surface area contributed by atoms with Gasteiger partial charge >= 0.3 is 0 Å². The maximum atomic E-state index is 3.59. The number of hydrogen-bond acceptors (Lipinski definition) is 2. The lowest BCUT2D eigenvalue weighted by Gasteiger charge is -2.20. The van der Waals surface area contributed by atoms with E-state index in [4.69, 9.17) is 0 Å². The van der Waals surface area contributed by atoms with Gasteiger partial charge in [0.15, 0.2) is 0 Å². The lowest BCUT2D eigenvalue weighted by Crippen LogP contribution is -2.17. The van der Waals surface area contributed by atoms with Crippen LogP contribution in [-0.4, -0.2) is 7.05 Å². The molecule has 3 rings (SSSR count). The van der Waals surface area contributed by atoms with Gasteiger partial charge in [0.1, 0.15) is 0 Å². The van der Waals surface area contributed by atoms with Crippen LogP contribution in [-0.2, 0) is 12.8 Å². The van der Waals surface area contributed by atoms with Crippen molar-refractivity contribution >= 4 is 43.2 Å². The van der Waals surface area contributed by atoms with E-state index in [0.29, 0.717) is 0 Å². The molecule has 1 aromatic heterocycles. The van der Waals surface area contributed by atoms with E-state index in [1.54, 1.807) is 22.5 Å². The molecular weight excluding hydrogens is 398 g/mol. The number of thiophene rings is 1. The smallest absolute Gasteiger partial charge is 0.0843 e. The molecule has 0 radical (unpaired) electrons. The molecule has 4 heteroatoms. The average molecular weight is 415 g/mol. The first-order chi connectivity index (χ1) is 9.69. The topological polar surface area (TPSA) is 12.0 Å². The molecule has 1 nitrogen and oxygen atoms in total. The molecule has 0 amide bonds. The lowest BCUT2D eigenvalue weighted by molar-refractivity contribution is 0.672. The van der Waals surface area contributed by atoms with Crippen molar-refractivity contribution in [3.63, 3.8) is 0 Å². The Hall–Kier alpha value is -0.160. The molecular formula is C16H17Br2NS. The van der Waals surface area contributed by atoms with Crippen LogP contribution in [0.3, 0.4) is 0 Å². The van der Waals surface area contributed by atoms with Crippen molar-refractivity contribution < 1.29 is 0 Å². The number of hydrogen-bond donors (Lipinski definition) is 1. The van der Waals surface area contributed by atoms with Gasteiger partial charge in [-0.05, 0) is 87.3 Å². The molecule has 2 aromatic rings. The van der Waals surface area contributed by atoms with E-state index in [1.165, 1.54) is 36.1 Å². The van der Waals surface area contributed by atoms with Gasteiger partial charge in [-0.15, -0.1) is 11.3 Å². The van der Waals surface area contributed by atoms with Gasteiger partial charge in [0.2, 0.25) is 0 Å². The number of benzene rings is 1. The quantitative estimate of drug-likeness (QED) is 0.702. The number of halogens is 2. The second-order valence-corrected chi connectivity index (χ2v) is 8.48.